The summed E-state index contributed by atoms with van der Waals surface area (Å²) in [6, 6.07) is 8.26. The number of hydrogen-bond donors (Lipinski definition) is 3. The van der Waals surface area contributed by atoms with Crippen LogP contribution in [0.1, 0.15) is 42.7 Å². The molecule has 1 aromatic carbocycles. The minimum Gasteiger partial charge on any atom is -0.396 e. The van der Waals surface area contributed by atoms with Crippen molar-refractivity contribution in [3.63, 3.8) is 0 Å². The first kappa shape index (κ1) is 18.6. The Balaban J connectivity index is 1.78. The van der Waals surface area contributed by atoms with Gasteiger partial charge in [0.2, 0.25) is 5.95 Å². The quantitative estimate of drug-likeness (QED) is 0.690. The van der Waals surface area contributed by atoms with E-state index in [-0.39, 0.29) is 6.61 Å². The molecule has 0 fully saturated rings. The summed E-state index contributed by atoms with van der Waals surface area (Å²) >= 11 is 0. The number of nitrogens with one attached hydrogen (secondary N) is 1. The van der Waals surface area contributed by atoms with Gasteiger partial charge in [0.1, 0.15) is 5.82 Å². The van der Waals surface area contributed by atoms with Crippen molar-refractivity contribution in [3.8, 4) is 0 Å². The monoisotopic (exact) mass is 356 g/mol. The van der Waals surface area contributed by atoms with E-state index in [0.29, 0.717) is 18.9 Å². The van der Waals surface area contributed by atoms with Crippen LogP contribution >= 0.6 is 0 Å². The van der Waals surface area contributed by atoms with Crippen molar-refractivity contribution < 1.29 is 10.2 Å². The van der Waals surface area contributed by atoms with E-state index in [4.69, 9.17) is 5.11 Å². The zero-order valence-electron chi connectivity index (χ0n) is 15.8. The Morgan fingerprint density at radius 2 is 2.00 bits per heavy atom. The molecule has 0 saturated carbocycles. The van der Waals surface area contributed by atoms with Gasteiger partial charge in [-0.2, -0.15) is 4.98 Å². The maximum absolute atomic E-state index is 10.2. The van der Waals surface area contributed by atoms with Gasteiger partial charge in [-0.3, -0.25) is 0 Å². The van der Waals surface area contributed by atoms with E-state index in [1.807, 2.05) is 32.9 Å². The molecule has 0 bridgehead atoms. The van der Waals surface area contributed by atoms with E-state index in [9.17, 15) is 5.11 Å². The SMILES string of the molecule is Cc1cc(N2CCc3cc(C(C)(C)O)ccc3C2)nc(NCCCO)n1. The largest absolute Gasteiger partial charge is 0.396 e. The van der Waals surface area contributed by atoms with Crippen molar-refractivity contribution in [1.82, 2.24) is 9.97 Å². The van der Waals surface area contributed by atoms with Crippen LogP contribution in [0.5, 0.6) is 0 Å². The molecule has 0 spiro atoms. The lowest BCUT2D eigenvalue weighted by Gasteiger charge is -2.31. The molecule has 26 heavy (non-hydrogen) atoms. The highest BCUT2D eigenvalue weighted by molar-refractivity contribution is 5.48. The fourth-order valence-electron chi connectivity index (χ4n) is 3.20. The number of nitrogens with zero attached hydrogens (tertiary/aromatic N) is 3. The van der Waals surface area contributed by atoms with Crippen LogP contribution in [0.2, 0.25) is 0 Å². The Bertz CT molecular complexity index is 771. The van der Waals surface area contributed by atoms with Crippen LogP contribution < -0.4 is 10.2 Å². The summed E-state index contributed by atoms with van der Waals surface area (Å²) in [5, 5.41) is 22.3. The average molecular weight is 356 g/mol. The van der Waals surface area contributed by atoms with Crippen LogP contribution in [-0.2, 0) is 18.6 Å². The second kappa shape index (κ2) is 7.60. The maximum Gasteiger partial charge on any atom is 0.224 e. The van der Waals surface area contributed by atoms with Crippen molar-refractivity contribution >= 4 is 11.8 Å². The number of aliphatic hydroxyl groups is 2. The molecule has 0 atom stereocenters. The van der Waals surface area contributed by atoms with E-state index in [0.717, 1.165) is 36.6 Å². The Labute approximate surface area is 154 Å². The Hall–Kier alpha value is -2.18. The zero-order valence-corrected chi connectivity index (χ0v) is 15.8. The van der Waals surface area contributed by atoms with E-state index in [1.54, 1.807) is 0 Å². The van der Waals surface area contributed by atoms with Crippen LogP contribution in [0.25, 0.3) is 0 Å². The molecule has 0 unspecified atom stereocenters. The molecule has 3 N–H and O–H groups in total. The normalized spacial score (nSPS) is 14.3. The van der Waals surface area contributed by atoms with Gasteiger partial charge < -0.3 is 20.4 Å². The molecule has 2 heterocycles. The molecule has 0 aliphatic carbocycles. The maximum atomic E-state index is 10.2. The topological polar surface area (TPSA) is 81.5 Å². The summed E-state index contributed by atoms with van der Waals surface area (Å²) in [7, 11) is 0. The smallest absolute Gasteiger partial charge is 0.224 e. The molecule has 6 nitrogen and oxygen atoms in total. The fraction of sp³-hybridized carbons (Fsp3) is 0.500. The summed E-state index contributed by atoms with van der Waals surface area (Å²) in [6.45, 7) is 8.10. The summed E-state index contributed by atoms with van der Waals surface area (Å²) in [5.41, 5.74) is 3.64. The number of hydrogen-bond acceptors (Lipinski definition) is 6. The number of benzene rings is 1. The fourth-order valence-corrected chi connectivity index (χ4v) is 3.20. The molecule has 0 radical (unpaired) electrons. The second-order valence-electron chi connectivity index (χ2n) is 7.41. The summed E-state index contributed by atoms with van der Waals surface area (Å²) in [5.74, 6) is 1.53. The Kier molecular flexibility index (Phi) is 5.44. The predicted octanol–water partition coefficient (Wildman–Crippen LogP) is 2.37. The molecule has 6 heteroatoms. The molecule has 140 valence electrons. The van der Waals surface area contributed by atoms with Crippen molar-refractivity contribution in [3.05, 3.63) is 46.6 Å². The number of aryl methyl sites for hydroxylation is 1. The van der Waals surface area contributed by atoms with Gasteiger partial charge in [0, 0.05) is 38.0 Å². The molecule has 3 rings (SSSR count). The van der Waals surface area contributed by atoms with Crippen LogP contribution in [0.4, 0.5) is 11.8 Å². The number of aliphatic hydroxyl groups excluding tert-OH is 1. The minimum absolute atomic E-state index is 0.154. The van der Waals surface area contributed by atoms with E-state index in [2.05, 4.69) is 32.3 Å². The van der Waals surface area contributed by atoms with Crippen molar-refractivity contribution in [2.24, 2.45) is 0 Å². The third-order valence-electron chi connectivity index (χ3n) is 4.71. The van der Waals surface area contributed by atoms with Crippen LogP contribution in [0.15, 0.2) is 24.3 Å². The first-order chi connectivity index (χ1) is 12.4. The van der Waals surface area contributed by atoms with Gasteiger partial charge in [0.25, 0.3) is 0 Å². The molecular weight excluding hydrogens is 328 g/mol. The highest BCUT2D eigenvalue weighted by atomic mass is 16.3. The van der Waals surface area contributed by atoms with Crippen LogP contribution in [0.3, 0.4) is 0 Å². The van der Waals surface area contributed by atoms with Crippen molar-refractivity contribution in [2.75, 3.05) is 29.9 Å². The van der Waals surface area contributed by atoms with Gasteiger partial charge in [-0.15, -0.1) is 0 Å². The van der Waals surface area contributed by atoms with Gasteiger partial charge in [0.15, 0.2) is 0 Å². The Morgan fingerprint density at radius 1 is 1.19 bits per heavy atom. The Morgan fingerprint density at radius 3 is 2.73 bits per heavy atom. The van der Waals surface area contributed by atoms with Gasteiger partial charge >= 0.3 is 0 Å². The highest BCUT2D eigenvalue weighted by Crippen LogP contribution is 2.28. The minimum atomic E-state index is -0.814. The van der Waals surface area contributed by atoms with Crippen LogP contribution in [0, 0.1) is 6.92 Å². The van der Waals surface area contributed by atoms with Crippen molar-refractivity contribution in [1.29, 1.82) is 0 Å². The highest BCUT2D eigenvalue weighted by Gasteiger charge is 2.22. The van der Waals surface area contributed by atoms with Gasteiger partial charge in [-0.1, -0.05) is 18.2 Å². The van der Waals surface area contributed by atoms with Gasteiger partial charge in [-0.05, 0) is 50.3 Å². The molecular formula is C20H28N4O2. The van der Waals surface area contributed by atoms with Crippen LogP contribution in [-0.4, -0.2) is 39.9 Å². The van der Waals surface area contributed by atoms with Crippen molar-refractivity contribution in [2.45, 2.75) is 45.8 Å². The number of fused-ring (bicyclic) bond motifs is 1. The summed E-state index contributed by atoms with van der Waals surface area (Å²) < 4.78 is 0. The molecule has 0 saturated heterocycles. The lowest BCUT2D eigenvalue weighted by atomic mass is 9.91. The van der Waals surface area contributed by atoms with E-state index < -0.39 is 5.60 Å². The molecule has 2 aromatic rings. The molecule has 0 amide bonds. The standard InChI is InChI=1S/C20H28N4O2/c1-14-11-18(23-19(22-14)21-8-4-10-25)24-9-7-15-12-17(20(2,3)26)6-5-16(15)13-24/h5-6,11-12,25-26H,4,7-10,13H2,1-3H3,(H,21,22,23). The summed E-state index contributed by atoms with van der Waals surface area (Å²) in [6.07, 6.45) is 1.60. The van der Waals surface area contributed by atoms with Gasteiger partial charge in [-0.25, -0.2) is 4.98 Å². The third kappa shape index (κ3) is 4.31. The second-order valence-corrected chi connectivity index (χ2v) is 7.41. The molecule has 1 aliphatic heterocycles. The lowest BCUT2D eigenvalue weighted by molar-refractivity contribution is 0.0785. The molecule has 1 aromatic heterocycles. The zero-order chi connectivity index (χ0) is 18.7. The number of anilines is 2. The lowest BCUT2D eigenvalue weighted by Crippen LogP contribution is -2.32. The van der Waals surface area contributed by atoms with Gasteiger partial charge in [0.05, 0.1) is 5.60 Å². The third-order valence-corrected chi connectivity index (χ3v) is 4.71. The van der Waals surface area contributed by atoms with E-state index >= 15 is 0 Å². The first-order valence-electron chi connectivity index (χ1n) is 9.17. The van der Waals surface area contributed by atoms with E-state index in [1.165, 1.54) is 11.1 Å². The predicted molar refractivity (Wildman–Crippen MR) is 103 cm³/mol. The average Bonchev–Trinajstić information content (AvgIpc) is 2.60. The molecule has 1 aliphatic rings. The number of aromatic nitrogens is 2. The number of rotatable bonds is 6. The first-order valence-corrected chi connectivity index (χ1v) is 9.17. The summed E-state index contributed by atoms with van der Waals surface area (Å²) in [4.78, 5) is 11.3.